The molecule has 0 bridgehead atoms. The largest absolute Gasteiger partial charge is 0.508 e. The maximum Gasteiger partial charge on any atom is 0.326 e. The molecule has 0 aliphatic rings. The van der Waals surface area contributed by atoms with Crippen molar-refractivity contribution in [2.24, 2.45) is 11.5 Å². The Labute approximate surface area is 215 Å². The van der Waals surface area contributed by atoms with Crippen LogP contribution in [0.1, 0.15) is 45.6 Å². The quantitative estimate of drug-likeness (QED) is 0.125. The van der Waals surface area contributed by atoms with Gasteiger partial charge in [-0.15, -0.1) is 0 Å². The molecule has 1 rings (SSSR count). The van der Waals surface area contributed by atoms with E-state index in [-0.39, 0.29) is 18.6 Å². The predicted molar refractivity (Wildman–Crippen MR) is 135 cm³/mol. The van der Waals surface area contributed by atoms with Crippen molar-refractivity contribution in [3.05, 3.63) is 29.8 Å². The van der Waals surface area contributed by atoms with Crippen molar-refractivity contribution in [2.75, 3.05) is 6.54 Å². The fraction of sp³-hybridized carbons (Fsp3) is 0.542. The summed E-state index contributed by atoms with van der Waals surface area (Å²) in [6.45, 7) is 4.67. The summed E-state index contributed by atoms with van der Waals surface area (Å²) in [5, 5.41) is 28.8. The zero-order chi connectivity index (χ0) is 28.1. The number of carboxylic acid groups (broad SMARTS) is 1. The van der Waals surface area contributed by atoms with E-state index in [1.54, 1.807) is 12.1 Å². The molecule has 37 heavy (non-hydrogen) atoms. The maximum absolute atomic E-state index is 13.1. The highest BCUT2D eigenvalue weighted by atomic mass is 16.4. The summed E-state index contributed by atoms with van der Waals surface area (Å²) in [5.41, 5.74) is 11.5. The number of carboxylic acids is 1. The highest BCUT2D eigenvalue weighted by Crippen LogP contribution is 2.12. The smallest absolute Gasteiger partial charge is 0.326 e. The molecule has 0 spiro atoms. The molecule has 4 amide bonds. The molecule has 0 fully saturated rings. The van der Waals surface area contributed by atoms with Crippen molar-refractivity contribution in [3.8, 4) is 5.75 Å². The van der Waals surface area contributed by atoms with E-state index < -0.39 is 59.8 Å². The number of phenols is 1. The Morgan fingerprint density at radius 3 is 1.78 bits per heavy atom. The topological polar surface area (TPSA) is 226 Å². The number of carbonyl (C=O) groups excluding carboxylic acids is 4. The van der Waals surface area contributed by atoms with Crippen molar-refractivity contribution < 1.29 is 34.2 Å². The second-order valence-electron chi connectivity index (χ2n) is 8.86. The third-order valence-corrected chi connectivity index (χ3v) is 5.49. The minimum absolute atomic E-state index is 0.0109. The summed E-state index contributed by atoms with van der Waals surface area (Å²) in [6, 6.07) is 0.736. The standard InChI is InChI=1S/C24H38N6O7/c1-13(26)20(32)27-14(2)22(34)30-19(12-16-7-9-17(31)10-8-16)23(35)28-15(3)21(33)29-18(24(36)37)6-4-5-11-25/h7-10,13-15,18-19,31H,4-6,11-12,25-26H2,1-3H3,(H,27,32)(H,28,35)(H,29,33)(H,30,34)(H,36,37)/t13-,14-,15-,18-,19-/m0/s1. The molecule has 0 radical (unpaired) electrons. The Hall–Kier alpha value is -3.71. The number of amides is 4. The van der Waals surface area contributed by atoms with E-state index in [2.05, 4.69) is 21.3 Å². The van der Waals surface area contributed by atoms with Crippen LogP contribution in [0.2, 0.25) is 0 Å². The van der Waals surface area contributed by atoms with Crippen LogP contribution in [0.5, 0.6) is 5.75 Å². The Morgan fingerprint density at radius 1 is 0.784 bits per heavy atom. The van der Waals surface area contributed by atoms with E-state index in [9.17, 15) is 34.2 Å². The third kappa shape index (κ3) is 11.3. The molecular weight excluding hydrogens is 484 g/mol. The molecule has 0 heterocycles. The minimum Gasteiger partial charge on any atom is -0.508 e. The number of aliphatic carboxylic acids is 1. The van der Waals surface area contributed by atoms with Crippen LogP contribution in [0, 0.1) is 0 Å². The maximum atomic E-state index is 13.1. The number of benzene rings is 1. The summed E-state index contributed by atoms with van der Waals surface area (Å²) >= 11 is 0. The average Bonchev–Trinajstić information content (AvgIpc) is 2.83. The van der Waals surface area contributed by atoms with Gasteiger partial charge in [0.15, 0.2) is 0 Å². The number of unbranched alkanes of at least 4 members (excludes halogenated alkanes) is 1. The van der Waals surface area contributed by atoms with Crippen LogP contribution in [-0.2, 0) is 30.4 Å². The molecule has 10 N–H and O–H groups in total. The van der Waals surface area contributed by atoms with Crippen LogP contribution in [0.3, 0.4) is 0 Å². The Kier molecular flexibility index (Phi) is 13.0. The second kappa shape index (κ2) is 15.4. The molecule has 0 aliphatic heterocycles. The fourth-order valence-electron chi connectivity index (χ4n) is 3.21. The normalized spacial score (nSPS) is 14.8. The summed E-state index contributed by atoms with van der Waals surface area (Å²) < 4.78 is 0. The first kappa shape index (κ1) is 31.3. The van der Waals surface area contributed by atoms with Crippen molar-refractivity contribution >= 4 is 29.6 Å². The molecule has 1 aromatic carbocycles. The zero-order valence-electron chi connectivity index (χ0n) is 21.3. The van der Waals surface area contributed by atoms with Gasteiger partial charge >= 0.3 is 5.97 Å². The summed E-state index contributed by atoms with van der Waals surface area (Å²) in [5.74, 6) is -3.80. The fourth-order valence-corrected chi connectivity index (χ4v) is 3.21. The highest BCUT2D eigenvalue weighted by Gasteiger charge is 2.29. The molecule has 0 saturated carbocycles. The second-order valence-corrected chi connectivity index (χ2v) is 8.86. The molecular formula is C24H38N6O7. The van der Waals surface area contributed by atoms with Gasteiger partial charge in [0.25, 0.3) is 0 Å². The molecule has 206 valence electrons. The van der Waals surface area contributed by atoms with Crippen molar-refractivity contribution in [1.29, 1.82) is 0 Å². The molecule has 0 unspecified atom stereocenters. The van der Waals surface area contributed by atoms with Gasteiger partial charge < -0.3 is 42.9 Å². The lowest BCUT2D eigenvalue weighted by molar-refractivity contribution is -0.142. The molecule has 13 heteroatoms. The Balaban J connectivity index is 2.93. The van der Waals surface area contributed by atoms with E-state index in [0.717, 1.165) is 0 Å². The number of phenolic OH excluding ortho intramolecular Hbond substituents is 1. The van der Waals surface area contributed by atoms with Gasteiger partial charge in [-0.25, -0.2) is 4.79 Å². The van der Waals surface area contributed by atoms with Gasteiger partial charge in [0.1, 0.15) is 29.9 Å². The molecule has 0 saturated heterocycles. The number of nitrogens with two attached hydrogens (primary N) is 2. The third-order valence-electron chi connectivity index (χ3n) is 5.49. The first-order valence-electron chi connectivity index (χ1n) is 12.0. The number of hydrogen-bond acceptors (Lipinski definition) is 8. The summed E-state index contributed by atoms with van der Waals surface area (Å²) in [7, 11) is 0. The van der Waals surface area contributed by atoms with E-state index in [1.807, 2.05) is 0 Å². The lowest BCUT2D eigenvalue weighted by atomic mass is 10.0. The van der Waals surface area contributed by atoms with Gasteiger partial charge in [0, 0.05) is 6.42 Å². The Morgan fingerprint density at radius 2 is 1.30 bits per heavy atom. The van der Waals surface area contributed by atoms with Gasteiger partial charge in [0.2, 0.25) is 23.6 Å². The lowest BCUT2D eigenvalue weighted by Gasteiger charge is -2.24. The van der Waals surface area contributed by atoms with Crippen LogP contribution in [0.4, 0.5) is 0 Å². The number of aromatic hydroxyl groups is 1. The monoisotopic (exact) mass is 522 g/mol. The van der Waals surface area contributed by atoms with Crippen LogP contribution < -0.4 is 32.7 Å². The van der Waals surface area contributed by atoms with Crippen LogP contribution in [-0.4, -0.2) is 76.6 Å². The van der Waals surface area contributed by atoms with Crippen LogP contribution in [0.25, 0.3) is 0 Å². The van der Waals surface area contributed by atoms with E-state index in [1.165, 1.54) is 32.9 Å². The highest BCUT2D eigenvalue weighted by molar-refractivity contribution is 5.95. The van der Waals surface area contributed by atoms with Gasteiger partial charge in [0.05, 0.1) is 6.04 Å². The van der Waals surface area contributed by atoms with Crippen LogP contribution >= 0.6 is 0 Å². The first-order valence-corrected chi connectivity index (χ1v) is 12.0. The van der Waals surface area contributed by atoms with Crippen molar-refractivity contribution in [3.63, 3.8) is 0 Å². The number of rotatable bonds is 15. The molecule has 0 aromatic heterocycles. The van der Waals surface area contributed by atoms with E-state index >= 15 is 0 Å². The van der Waals surface area contributed by atoms with Gasteiger partial charge in [-0.2, -0.15) is 0 Å². The number of nitrogens with one attached hydrogen (secondary N) is 4. The summed E-state index contributed by atoms with van der Waals surface area (Å²) in [4.78, 5) is 61.6. The molecule has 0 aliphatic carbocycles. The summed E-state index contributed by atoms with van der Waals surface area (Å²) in [6.07, 6.45) is 1.31. The van der Waals surface area contributed by atoms with Gasteiger partial charge in [-0.1, -0.05) is 12.1 Å². The lowest BCUT2D eigenvalue weighted by Crippen LogP contribution is -2.57. The number of carbonyl (C=O) groups is 5. The van der Waals surface area contributed by atoms with Gasteiger partial charge in [-0.05, 0) is 64.3 Å². The Bertz CT molecular complexity index is 938. The SMILES string of the molecule is C[C@H](N)C(=O)N[C@@H](C)C(=O)N[C@@H](Cc1ccc(O)cc1)C(=O)N[C@@H](C)C(=O)N[C@@H](CCCCN)C(=O)O. The predicted octanol–water partition coefficient (Wildman–Crippen LogP) is -1.53. The zero-order valence-corrected chi connectivity index (χ0v) is 21.3. The molecule has 1 aromatic rings. The van der Waals surface area contributed by atoms with Crippen LogP contribution in [0.15, 0.2) is 24.3 Å². The molecule has 5 atom stereocenters. The minimum atomic E-state index is -1.20. The first-order chi connectivity index (χ1) is 17.3. The van der Waals surface area contributed by atoms with Gasteiger partial charge in [-0.3, -0.25) is 19.2 Å². The van der Waals surface area contributed by atoms with Crippen molar-refractivity contribution in [2.45, 2.75) is 76.7 Å². The molecule has 13 nitrogen and oxygen atoms in total. The average molecular weight is 523 g/mol. The number of hydrogen-bond donors (Lipinski definition) is 8. The van der Waals surface area contributed by atoms with Crippen molar-refractivity contribution in [1.82, 2.24) is 21.3 Å². The van der Waals surface area contributed by atoms with E-state index in [0.29, 0.717) is 24.9 Å². The van der Waals surface area contributed by atoms with E-state index in [4.69, 9.17) is 11.5 Å².